The predicted octanol–water partition coefficient (Wildman–Crippen LogP) is 4.50. The van der Waals surface area contributed by atoms with Crippen molar-refractivity contribution in [2.24, 2.45) is 53.1 Å². The first kappa shape index (κ1) is 18.5. The van der Waals surface area contributed by atoms with Gasteiger partial charge in [-0.05, 0) is 106 Å². The van der Waals surface area contributed by atoms with E-state index in [0.717, 1.165) is 73.7 Å². The van der Waals surface area contributed by atoms with Crippen molar-refractivity contribution in [3.05, 3.63) is 0 Å². The maximum Gasteiger partial charge on any atom is 0.223 e. The van der Waals surface area contributed by atoms with Gasteiger partial charge in [0.25, 0.3) is 0 Å². The number of hydrogen-bond acceptors (Lipinski definition) is 2. The van der Waals surface area contributed by atoms with Crippen LogP contribution in [0, 0.1) is 47.3 Å². The minimum absolute atomic E-state index is 0.231. The van der Waals surface area contributed by atoms with Gasteiger partial charge in [-0.15, -0.1) is 0 Å². The number of carbonyl (C=O) groups excluding carboxylic acids is 1. The maximum absolute atomic E-state index is 12.7. The summed E-state index contributed by atoms with van der Waals surface area (Å²) < 4.78 is 0. The van der Waals surface area contributed by atoms with E-state index in [2.05, 4.69) is 5.32 Å². The molecule has 0 aliphatic heterocycles. The Morgan fingerprint density at radius 3 is 2.11 bits per heavy atom. The predicted molar refractivity (Wildman–Crippen MR) is 109 cm³/mol. The lowest BCUT2D eigenvalue weighted by Gasteiger charge is -2.59. The molecule has 0 aromatic heterocycles. The SMILES string of the molecule is NC1CCC(C(=O)NCC2CCC3CCC4CCCC5CCC2C3C45)CC1. The Kier molecular flexibility index (Phi) is 5.26. The minimum atomic E-state index is 0.231. The summed E-state index contributed by atoms with van der Waals surface area (Å²) in [5.74, 6) is 7.39. The van der Waals surface area contributed by atoms with E-state index in [1.54, 1.807) is 0 Å². The first-order valence-corrected chi connectivity index (χ1v) is 12.2. The van der Waals surface area contributed by atoms with Crippen molar-refractivity contribution < 1.29 is 4.79 Å². The first-order chi connectivity index (χ1) is 13.2. The fraction of sp³-hybridized carbons (Fsp3) is 0.958. The Balaban J connectivity index is 1.22. The molecular formula is C24H40N2O. The molecule has 0 aromatic rings. The van der Waals surface area contributed by atoms with Crippen molar-refractivity contribution in [3.8, 4) is 0 Å². The summed E-state index contributed by atoms with van der Waals surface area (Å²) in [6, 6.07) is 0.328. The summed E-state index contributed by atoms with van der Waals surface area (Å²) in [6.07, 6.45) is 17.4. The molecule has 5 rings (SSSR count). The third-order valence-corrected chi connectivity index (χ3v) is 9.70. The van der Waals surface area contributed by atoms with Crippen molar-refractivity contribution in [1.82, 2.24) is 5.32 Å². The molecule has 152 valence electrons. The lowest BCUT2D eigenvalue weighted by Crippen LogP contribution is -2.53. The molecule has 27 heavy (non-hydrogen) atoms. The molecule has 5 saturated carbocycles. The van der Waals surface area contributed by atoms with Crippen molar-refractivity contribution in [2.75, 3.05) is 6.54 Å². The molecule has 5 aliphatic carbocycles. The first-order valence-electron chi connectivity index (χ1n) is 12.2. The average molecular weight is 373 g/mol. The van der Waals surface area contributed by atoms with Crippen LogP contribution in [0.4, 0.5) is 0 Å². The van der Waals surface area contributed by atoms with Crippen LogP contribution >= 0.6 is 0 Å². The topological polar surface area (TPSA) is 55.1 Å². The van der Waals surface area contributed by atoms with E-state index in [1.165, 1.54) is 57.8 Å². The van der Waals surface area contributed by atoms with Crippen LogP contribution in [0.1, 0.15) is 83.5 Å². The summed E-state index contributed by atoms with van der Waals surface area (Å²) in [4.78, 5) is 12.7. The molecule has 0 spiro atoms. The zero-order chi connectivity index (χ0) is 18.4. The van der Waals surface area contributed by atoms with Crippen LogP contribution in [-0.4, -0.2) is 18.5 Å². The molecule has 3 nitrogen and oxygen atoms in total. The van der Waals surface area contributed by atoms with Gasteiger partial charge in [0.1, 0.15) is 0 Å². The Morgan fingerprint density at radius 2 is 1.37 bits per heavy atom. The van der Waals surface area contributed by atoms with Crippen molar-refractivity contribution >= 4 is 5.91 Å². The van der Waals surface area contributed by atoms with Gasteiger partial charge >= 0.3 is 0 Å². The molecular weight excluding hydrogens is 332 g/mol. The van der Waals surface area contributed by atoms with Gasteiger partial charge in [-0.25, -0.2) is 0 Å². The summed E-state index contributed by atoms with van der Waals surface area (Å²) in [5, 5.41) is 3.41. The van der Waals surface area contributed by atoms with Gasteiger partial charge in [-0.3, -0.25) is 4.79 Å². The number of amides is 1. The van der Waals surface area contributed by atoms with E-state index in [9.17, 15) is 4.79 Å². The Bertz CT molecular complexity index is 534. The van der Waals surface area contributed by atoms with E-state index in [4.69, 9.17) is 5.73 Å². The smallest absolute Gasteiger partial charge is 0.223 e. The quantitative estimate of drug-likeness (QED) is 0.766. The monoisotopic (exact) mass is 372 g/mol. The number of nitrogens with two attached hydrogens (primary N) is 1. The molecule has 0 heterocycles. The van der Waals surface area contributed by atoms with Gasteiger partial charge in [0.15, 0.2) is 0 Å². The highest BCUT2D eigenvalue weighted by atomic mass is 16.1. The average Bonchev–Trinajstić information content (AvgIpc) is 2.71. The van der Waals surface area contributed by atoms with Gasteiger partial charge in [-0.1, -0.05) is 19.3 Å². The number of rotatable bonds is 3. The van der Waals surface area contributed by atoms with E-state index >= 15 is 0 Å². The van der Waals surface area contributed by atoms with Crippen molar-refractivity contribution in [1.29, 1.82) is 0 Å². The number of hydrogen-bond donors (Lipinski definition) is 2. The van der Waals surface area contributed by atoms with Crippen LogP contribution in [0.3, 0.4) is 0 Å². The molecule has 3 heteroatoms. The molecule has 0 bridgehead atoms. The van der Waals surface area contributed by atoms with Crippen LogP contribution in [0.5, 0.6) is 0 Å². The fourth-order valence-electron chi connectivity index (χ4n) is 8.42. The normalized spacial score (nSPS) is 49.1. The number of carbonyl (C=O) groups is 1. The second-order valence-corrected chi connectivity index (χ2v) is 10.9. The standard InChI is InChI=1S/C24H40N2O/c25-20-11-8-18(9-12-20)24(27)26-14-19-7-6-17-5-4-15-2-1-3-16-10-13-21(19)23(17)22(15)16/h15-23H,1-14,25H2,(H,26,27). The Morgan fingerprint density at radius 1 is 0.741 bits per heavy atom. The molecule has 7 unspecified atom stereocenters. The van der Waals surface area contributed by atoms with E-state index in [0.29, 0.717) is 11.9 Å². The third-order valence-electron chi connectivity index (χ3n) is 9.70. The van der Waals surface area contributed by atoms with E-state index in [1.807, 2.05) is 0 Å². The highest BCUT2D eigenvalue weighted by Gasteiger charge is 2.53. The largest absolute Gasteiger partial charge is 0.356 e. The van der Waals surface area contributed by atoms with Gasteiger partial charge in [0, 0.05) is 18.5 Å². The fourth-order valence-corrected chi connectivity index (χ4v) is 8.42. The van der Waals surface area contributed by atoms with Gasteiger partial charge in [0.2, 0.25) is 5.91 Å². The summed E-state index contributed by atoms with van der Waals surface area (Å²) >= 11 is 0. The lowest BCUT2D eigenvalue weighted by molar-refractivity contribution is -0.127. The minimum Gasteiger partial charge on any atom is -0.356 e. The van der Waals surface area contributed by atoms with Crippen molar-refractivity contribution in [2.45, 2.75) is 89.5 Å². The van der Waals surface area contributed by atoms with Gasteiger partial charge in [-0.2, -0.15) is 0 Å². The molecule has 1 amide bonds. The zero-order valence-corrected chi connectivity index (χ0v) is 17.1. The van der Waals surface area contributed by atoms with Crippen LogP contribution in [0.15, 0.2) is 0 Å². The molecule has 7 atom stereocenters. The highest BCUT2D eigenvalue weighted by Crippen LogP contribution is 2.60. The van der Waals surface area contributed by atoms with Crippen LogP contribution in [0.2, 0.25) is 0 Å². The highest BCUT2D eigenvalue weighted by molar-refractivity contribution is 5.78. The second-order valence-electron chi connectivity index (χ2n) is 10.9. The summed E-state index contributed by atoms with van der Waals surface area (Å²) in [5.41, 5.74) is 6.01. The Labute approximate surface area is 165 Å². The molecule has 0 saturated heterocycles. The Hall–Kier alpha value is -0.570. The van der Waals surface area contributed by atoms with Gasteiger partial charge < -0.3 is 11.1 Å². The van der Waals surface area contributed by atoms with E-state index < -0.39 is 0 Å². The van der Waals surface area contributed by atoms with E-state index in [-0.39, 0.29) is 5.92 Å². The van der Waals surface area contributed by atoms with Gasteiger partial charge in [0.05, 0.1) is 0 Å². The molecule has 0 aromatic carbocycles. The summed E-state index contributed by atoms with van der Waals surface area (Å²) in [6.45, 7) is 0.956. The second kappa shape index (κ2) is 7.69. The lowest BCUT2D eigenvalue weighted by atomic mass is 9.46. The van der Waals surface area contributed by atoms with Crippen molar-refractivity contribution in [3.63, 3.8) is 0 Å². The molecule has 5 fully saturated rings. The molecule has 5 aliphatic rings. The number of nitrogens with one attached hydrogen (secondary N) is 1. The summed E-state index contributed by atoms with van der Waals surface area (Å²) in [7, 11) is 0. The maximum atomic E-state index is 12.7. The van der Waals surface area contributed by atoms with Crippen LogP contribution < -0.4 is 11.1 Å². The molecule has 0 radical (unpaired) electrons. The van der Waals surface area contributed by atoms with Crippen LogP contribution in [0.25, 0.3) is 0 Å². The molecule has 3 N–H and O–H groups in total. The van der Waals surface area contributed by atoms with Crippen LogP contribution in [-0.2, 0) is 4.79 Å². The third kappa shape index (κ3) is 3.47. The zero-order valence-electron chi connectivity index (χ0n) is 17.1.